The van der Waals surface area contributed by atoms with Crippen molar-refractivity contribution in [2.24, 2.45) is 0 Å². The summed E-state index contributed by atoms with van der Waals surface area (Å²) >= 11 is 0. The average molecular weight is 337 g/mol. The molecular formula is C22H27NO2. The molecular weight excluding hydrogens is 310 g/mol. The highest BCUT2D eigenvalue weighted by atomic mass is 16.5. The van der Waals surface area contributed by atoms with Gasteiger partial charge in [-0.2, -0.15) is 0 Å². The topological polar surface area (TPSA) is 38.3 Å². The highest BCUT2D eigenvalue weighted by Crippen LogP contribution is 2.35. The van der Waals surface area contributed by atoms with Gasteiger partial charge in [0.15, 0.2) is 0 Å². The average Bonchev–Trinajstić information content (AvgIpc) is 2.63. The van der Waals surface area contributed by atoms with E-state index in [-0.39, 0.29) is 11.4 Å². The first-order valence-electron chi connectivity index (χ1n) is 9.02. The fraction of sp³-hybridized carbons (Fsp3) is 0.409. The van der Waals surface area contributed by atoms with Crippen molar-refractivity contribution in [1.29, 1.82) is 0 Å². The Hall–Kier alpha value is -2.13. The minimum absolute atomic E-state index is 0.114. The van der Waals surface area contributed by atoms with Crippen LogP contribution in [0.2, 0.25) is 0 Å². The van der Waals surface area contributed by atoms with Crippen LogP contribution >= 0.6 is 0 Å². The van der Waals surface area contributed by atoms with Crippen molar-refractivity contribution in [3.8, 4) is 0 Å². The van der Waals surface area contributed by atoms with E-state index in [2.05, 4.69) is 43.4 Å². The lowest BCUT2D eigenvalue weighted by Gasteiger charge is -2.39. The zero-order chi connectivity index (χ0) is 17.8. The predicted octanol–water partition coefficient (Wildman–Crippen LogP) is 3.87. The monoisotopic (exact) mass is 337 g/mol. The molecule has 0 spiro atoms. The third-order valence-electron chi connectivity index (χ3n) is 5.05. The van der Waals surface area contributed by atoms with E-state index in [1.54, 1.807) is 0 Å². The number of amides is 1. The largest absolute Gasteiger partial charge is 0.381 e. The molecule has 0 unspecified atom stereocenters. The maximum atomic E-state index is 13.4. The van der Waals surface area contributed by atoms with Gasteiger partial charge >= 0.3 is 0 Å². The van der Waals surface area contributed by atoms with E-state index in [4.69, 9.17) is 4.74 Å². The summed E-state index contributed by atoms with van der Waals surface area (Å²) in [6.07, 6.45) is 2.26. The Labute approximate surface area is 150 Å². The maximum Gasteiger partial charge on any atom is 0.231 e. The molecule has 1 heterocycles. The molecule has 0 bridgehead atoms. The Morgan fingerprint density at radius 2 is 1.56 bits per heavy atom. The molecule has 132 valence electrons. The number of rotatable bonds is 5. The van der Waals surface area contributed by atoms with Gasteiger partial charge in [0.25, 0.3) is 0 Å². The molecule has 2 aromatic carbocycles. The van der Waals surface area contributed by atoms with Gasteiger partial charge in [0.05, 0.1) is 5.41 Å². The van der Waals surface area contributed by atoms with E-state index in [1.807, 2.05) is 36.4 Å². The van der Waals surface area contributed by atoms with E-state index < -0.39 is 5.41 Å². The van der Waals surface area contributed by atoms with E-state index in [0.29, 0.717) is 13.2 Å². The molecule has 25 heavy (non-hydrogen) atoms. The molecule has 2 aromatic rings. The number of hydrogen-bond donors (Lipinski definition) is 1. The highest BCUT2D eigenvalue weighted by molar-refractivity contribution is 5.89. The van der Waals surface area contributed by atoms with Crippen molar-refractivity contribution in [3.63, 3.8) is 0 Å². The van der Waals surface area contributed by atoms with Crippen LogP contribution in [0, 0.1) is 0 Å². The van der Waals surface area contributed by atoms with E-state index in [1.165, 1.54) is 5.56 Å². The zero-order valence-electron chi connectivity index (χ0n) is 15.1. The summed E-state index contributed by atoms with van der Waals surface area (Å²) in [5.74, 6) is 0.114. The normalized spacial score (nSPS) is 17.0. The van der Waals surface area contributed by atoms with Crippen LogP contribution in [0.1, 0.15) is 37.8 Å². The standard InChI is InChI=1S/C22H27NO2/c1-21(2,17-18-9-5-3-6-10-18)23-20(24)22(13-15-25-16-14-22)19-11-7-4-8-12-19/h3-12H,13-17H2,1-2H3,(H,23,24). The third-order valence-corrected chi connectivity index (χ3v) is 5.05. The number of ether oxygens (including phenoxy) is 1. The van der Waals surface area contributed by atoms with Gasteiger partial charge in [0, 0.05) is 18.8 Å². The second-order valence-corrected chi connectivity index (χ2v) is 7.56. The molecule has 1 aliphatic heterocycles. The number of benzene rings is 2. The summed E-state index contributed by atoms with van der Waals surface area (Å²) in [6.45, 7) is 5.44. The van der Waals surface area contributed by atoms with Crippen LogP contribution < -0.4 is 5.32 Å². The van der Waals surface area contributed by atoms with Crippen LogP contribution in [0.25, 0.3) is 0 Å². The van der Waals surface area contributed by atoms with Crippen LogP contribution in [0.15, 0.2) is 60.7 Å². The molecule has 3 nitrogen and oxygen atoms in total. The van der Waals surface area contributed by atoms with Crippen molar-refractivity contribution in [3.05, 3.63) is 71.8 Å². The molecule has 0 radical (unpaired) electrons. The Morgan fingerprint density at radius 3 is 2.16 bits per heavy atom. The van der Waals surface area contributed by atoms with E-state index >= 15 is 0 Å². The van der Waals surface area contributed by atoms with Crippen molar-refractivity contribution in [2.75, 3.05) is 13.2 Å². The second-order valence-electron chi connectivity index (χ2n) is 7.56. The minimum Gasteiger partial charge on any atom is -0.381 e. The lowest BCUT2D eigenvalue weighted by molar-refractivity contribution is -0.132. The molecule has 1 aliphatic rings. The number of hydrogen-bond acceptors (Lipinski definition) is 2. The molecule has 3 heteroatoms. The first-order valence-corrected chi connectivity index (χ1v) is 9.02. The molecule has 0 aliphatic carbocycles. The number of carbonyl (C=O) groups excluding carboxylic acids is 1. The molecule has 1 saturated heterocycles. The summed E-state index contributed by atoms with van der Waals surface area (Å²) in [5.41, 5.74) is 1.52. The molecule has 1 fully saturated rings. The molecule has 0 saturated carbocycles. The van der Waals surface area contributed by atoms with Crippen LogP contribution in [0.3, 0.4) is 0 Å². The first-order chi connectivity index (χ1) is 12.0. The van der Waals surface area contributed by atoms with Crippen molar-refractivity contribution >= 4 is 5.91 Å². The van der Waals surface area contributed by atoms with Crippen molar-refractivity contribution in [2.45, 2.75) is 44.1 Å². The summed E-state index contributed by atoms with van der Waals surface area (Å²) < 4.78 is 5.54. The van der Waals surface area contributed by atoms with Gasteiger partial charge in [-0.3, -0.25) is 4.79 Å². The molecule has 3 rings (SSSR count). The van der Waals surface area contributed by atoms with Gasteiger partial charge in [-0.15, -0.1) is 0 Å². The fourth-order valence-corrected chi connectivity index (χ4v) is 3.70. The summed E-state index contributed by atoms with van der Waals surface area (Å²) in [5, 5.41) is 3.32. The Balaban J connectivity index is 1.81. The molecule has 1 amide bonds. The first kappa shape index (κ1) is 17.7. The maximum absolute atomic E-state index is 13.4. The quantitative estimate of drug-likeness (QED) is 0.899. The van der Waals surface area contributed by atoms with Crippen LogP contribution in [-0.4, -0.2) is 24.7 Å². The van der Waals surface area contributed by atoms with Gasteiger partial charge in [0.1, 0.15) is 0 Å². The molecule has 0 aromatic heterocycles. The van der Waals surface area contributed by atoms with Gasteiger partial charge < -0.3 is 10.1 Å². The Kier molecular flexibility index (Phi) is 5.24. The van der Waals surface area contributed by atoms with Crippen molar-refractivity contribution < 1.29 is 9.53 Å². The Morgan fingerprint density at radius 1 is 1.00 bits per heavy atom. The van der Waals surface area contributed by atoms with Gasteiger partial charge in [-0.1, -0.05) is 60.7 Å². The second kappa shape index (κ2) is 7.40. The van der Waals surface area contributed by atoms with Crippen molar-refractivity contribution in [1.82, 2.24) is 5.32 Å². The SMILES string of the molecule is CC(C)(Cc1ccccc1)NC(=O)C1(c2ccccc2)CCOCC1. The lowest BCUT2D eigenvalue weighted by atomic mass is 9.73. The number of carbonyl (C=O) groups is 1. The minimum atomic E-state index is -0.493. The Bertz CT molecular complexity index is 688. The fourth-order valence-electron chi connectivity index (χ4n) is 3.70. The smallest absolute Gasteiger partial charge is 0.231 e. The number of nitrogens with one attached hydrogen (secondary N) is 1. The van der Waals surface area contributed by atoms with E-state index in [9.17, 15) is 4.79 Å². The summed E-state index contributed by atoms with van der Waals surface area (Å²) in [7, 11) is 0. The van der Waals surface area contributed by atoms with Gasteiger partial charge in [-0.25, -0.2) is 0 Å². The van der Waals surface area contributed by atoms with Gasteiger partial charge in [-0.05, 0) is 44.2 Å². The summed E-state index contributed by atoms with van der Waals surface area (Å²) in [6, 6.07) is 20.4. The van der Waals surface area contributed by atoms with Crippen LogP contribution in [-0.2, 0) is 21.4 Å². The van der Waals surface area contributed by atoms with Crippen LogP contribution in [0.4, 0.5) is 0 Å². The molecule has 1 N–H and O–H groups in total. The van der Waals surface area contributed by atoms with Gasteiger partial charge in [0.2, 0.25) is 5.91 Å². The van der Waals surface area contributed by atoms with Crippen LogP contribution in [0.5, 0.6) is 0 Å². The predicted molar refractivity (Wildman–Crippen MR) is 101 cm³/mol. The molecule has 0 atom stereocenters. The zero-order valence-corrected chi connectivity index (χ0v) is 15.1. The third kappa shape index (κ3) is 4.10. The lowest BCUT2D eigenvalue weighted by Crippen LogP contribution is -2.55. The van der Waals surface area contributed by atoms with E-state index in [0.717, 1.165) is 24.8 Å². The summed E-state index contributed by atoms with van der Waals surface area (Å²) in [4.78, 5) is 13.4. The highest BCUT2D eigenvalue weighted by Gasteiger charge is 2.43.